The Labute approximate surface area is 80.4 Å². The third kappa shape index (κ3) is 8.18. The molecule has 13 heavy (non-hydrogen) atoms. The van der Waals surface area contributed by atoms with Crippen LogP contribution in [0.3, 0.4) is 0 Å². The van der Waals surface area contributed by atoms with Gasteiger partial charge in [0.05, 0.1) is 26.4 Å². The average Bonchev–Trinajstić information content (AvgIpc) is 2.17. The summed E-state index contributed by atoms with van der Waals surface area (Å²) >= 11 is 0. The lowest BCUT2D eigenvalue weighted by atomic mass is 10.5. The van der Waals surface area contributed by atoms with Crippen molar-refractivity contribution in [2.45, 2.75) is 6.92 Å². The Morgan fingerprint density at radius 1 is 1.15 bits per heavy atom. The highest BCUT2D eigenvalue weighted by Gasteiger charge is 2.00. The summed E-state index contributed by atoms with van der Waals surface area (Å²) in [5.74, 6) is 0. The van der Waals surface area contributed by atoms with Crippen LogP contribution in [0.5, 0.6) is 0 Å². The van der Waals surface area contributed by atoms with Crippen molar-refractivity contribution in [3.63, 3.8) is 0 Å². The number of aliphatic hydroxyl groups is 1. The van der Waals surface area contributed by atoms with Gasteiger partial charge in [0, 0.05) is 20.2 Å². The summed E-state index contributed by atoms with van der Waals surface area (Å²) in [7, 11) is 1.70. The Morgan fingerprint density at radius 2 is 1.85 bits per heavy atom. The van der Waals surface area contributed by atoms with Gasteiger partial charge in [-0.3, -0.25) is 4.90 Å². The maximum atomic E-state index is 8.47. The van der Waals surface area contributed by atoms with Gasteiger partial charge in [-0.15, -0.1) is 0 Å². The lowest BCUT2D eigenvalue weighted by Crippen LogP contribution is -2.30. The normalized spacial score (nSPS) is 11.1. The summed E-state index contributed by atoms with van der Waals surface area (Å²) in [6.45, 7) is 6.93. The zero-order valence-corrected chi connectivity index (χ0v) is 8.66. The molecule has 0 aliphatic rings. The fourth-order valence-corrected chi connectivity index (χ4v) is 1.01. The van der Waals surface area contributed by atoms with Crippen molar-refractivity contribution in [3.8, 4) is 0 Å². The van der Waals surface area contributed by atoms with Crippen molar-refractivity contribution in [1.82, 2.24) is 4.90 Å². The Balaban J connectivity index is 3.25. The number of hydrogen-bond donors (Lipinski definition) is 1. The molecule has 0 atom stereocenters. The van der Waals surface area contributed by atoms with Crippen LogP contribution in [0.1, 0.15) is 6.92 Å². The Kier molecular flexibility index (Phi) is 9.80. The molecule has 0 aromatic heterocycles. The highest BCUT2D eigenvalue weighted by Crippen LogP contribution is 1.88. The molecule has 1 N–H and O–H groups in total. The molecule has 0 amide bonds. The number of nitrogens with zero attached hydrogens (tertiary/aromatic N) is 1. The fourth-order valence-electron chi connectivity index (χ4n) is 1.01. The predicted molar refractivity (Wildman–Crippen MR) is 51.9 cm³/mol. The zero-order valence-electron chi connectivity index (χ0n) is 8.66. The van der Waals surface area contributed by atoms with E-state index in [1.54, 1.807) is 7.11 Å². The molecule has 0 saturated carbocycles. The summed E-state index contributed by atoms with van der Waals surface area (Å²) in [5, 5.41) is 8.47. The van der Waals surface area contributed by atoms with Crippen molar-refractivity contribution in [3.05, 3.63) is 0 Å². The van der Waals surface area contributed by atoms with Crippen molar-refractivity contribution in [2.75, 3.05) is 53.2 Å². The van der Waals surface area contributed by atoms with E-state index >= 15 is 0 Å². The smallest absolute Gasteiger partial charge is 0.0698 e. The van der Waals surface area contributed by atoms with Crippen molar-refractivity contribution in [1.29, 1.82) is 0 Å². The van der Waals surface area contributed by atoms with Crippen molar-refractivity contribution in [2.24, 2.45) is 0 Å². The second-order valence-electron chi connectivity index (χ2n) is 2.76. The van der Waals surface area contributed by atoms with Crippen LogP contribution < -0.4 is 0 Å². The van der Waals surface area contributed by atoms with Gasteiger partial charge in [0.15, 0.2) is 0 Å². The van der Waals surface area contributed by atoms with E-state index in [1.807, 2.05) is 0 Å². The molecule has 0 heterocycles. The van der Waals surface area contributed by atoms with Crippen LogP contribution in [-0.4, -0.2) is 63.2 Å². The molecule has 0 fully saturated rings. The highest BCUT2D eigenvalue weighted by atomic mass is 16.5. The number of likely N-dealkylation sites (N-methyl/N-ethyl adjacent to an activating group) is 1. The third-order valence-corrected chi connectivity index (χ3v) is 1.85. The lowest BCUT2D eigenvalue weighted by Gasteiger charge is -2.19. The van der Waals surface area contributed by atoms with E-state index in [1.165, 1.54) is 0 Å². The number of ether oxygens (including phenoxy) is 2. The summed E-state index contributed by atoms with van der Waals surface area (Å²) < 4.78 is 10.1. The predicted octanol–water partition coefficient (Wildman–Crippen LogP) is -0.0364. The molecule has 0 aromatic carbocycles. The van der Waals surface area contributed by atoms with Gasteiger partial charge in [0.2, 0.25) is 0 Å². The van der Waals surface area contributed by atoms with E-state index in [2.05, 4.69) is 11.8 Å². The Hall–Kier alpha value is -0.160. The first kappa shape index (κ1) is 12.8. The monoisotopic (exact) mass is 191 g/mol. The molecule has 4 heteroatoms. The molecule has 4 nitrogen and oxygen atoms in total. The van der Waals surface area contributed by atoms with Gasteiger partial charge in [-0.25, -0.2) is 0 Å². The van der Waals surface area contributed by atoms with E-state index < -0.39 is 0 Å². The summed E-state index contributed by atoms with van der Waals surface area (Å²) in [5.41, 5.74) is 0. The van der Waals surface area contributed by atoms with Crippen LogP contribution >= 0.6 is 0 Å². The zero-order chi connectivity index (χ0) is 9.94. The first-order valence-electron chi connectivity index (χ1n) is 4.75. The largest absolute Gasteiger partial charge is 0.394 e. The Bertz CT molecular complexity index is 101. The lowest BCUT2D eigenvalue weighted by molar-refractivity contribution is 0.0674. The molecule has 0 bridgehead atoms. The summed E-state index contributed by atoms with van der Waals surface area (Å²) in [4.78, 5) is 2.25. The second-order valence-corrected chi connectivity index (χ2v) is 2.76. The van der Waals surface area contributed by atoms with Gasteiger partial charge >= 0.3 is 0 Å². The van der Waals surface area contributed by atoms with Gasteiger partial charge in [0.1, 0.15) is 0 Å². The fraction of sp³-hybridized carbons (Fsp3) is 1.00. The molecule has 0 spiro atoms. The van der Waals surface area contributed by atoms with Crippen LogP contribution in [0.4, 0.5) is 0 Å². The van der Waals surface area contributed by atoms with E-state index in [0.717, 1.165) is 26.2 Å². The topological polar surface area (TPSA) is 41.9 Å². The third-order valence-electron chi connectivity index (χ3n) is 1.85. The minimum absolute atomic E-state index is 0.101. The molecule has 0 rings (SSSR count). The maximum absolute atomic E-state index is 8.47. The van der Waals surface area contributed by atoms with Gasteiger partial charge in [-0.1, -0.05) is 6.92 Å². The Morgan fingerprint density at radius 3 is 2.38 bits per heavy atom. The van der Waals surface area contributed by atoms with Crippen LogP contribution in [-0.2, 0) is 9.47 Å². The van der Waals surface area contributed by atoms with Gasteiger partial charge in [0.25, 0.3) is 0 Å². The second kappa shape index (κ2) is 9.92. The summed E-state index contributed by atoms with van der Waals surface area (Å²) in [6, 6.07) is 0. The molecule has 0 aromatic rings. The van der Waals surface area contributed by atoms with Crippen LogP contribution in [0.2, 0.25) is 0 Å². The molecule has 0 aliphatic heterocycles. The molecule has 0 aliphatic carbocycles. The standard InChI is InChI=1S/C9H21NO3/c1-3-10(4-7-12-2)5-8-13-9-6-11/h11H,3-9H2,1-2H3. The van der Waals surface area contributed by atoms with E-state index in [-0.39, 0.29) is 6.61 Å². The van der Waals surface area contributed by atoms with Crippen molar-refractivity contribution >= 4 is 0 Å². The number of aliphatic hydroxyl groups excluding tert-OH is 1. The van der Waals surface area contributed by atoms with E-state index in [9.17, 15) is 0 Å². The van der Waals surface area contributed by atoms with E-state index in [0.29, 0.717) is 13.2 Å². The number of hydrogen-bond acceptors (Lipinski definition) is 4. The van der Waals surface area contributed by atoms with Gasteiger partial charge in [-0.2, -0.15) is 0 Å². The highest BCUT2D eigenvalue weighted by molar-refractivity contribution is 4.53. The van der Waals surface area contributed by atoms with Crippen LogP contribution in [0.25, 0.3) is 0 Å². The molecular formula is C9H21NO3. The molecular weight excluding hydrogens is 170 g/mol. The number of rotatable bonds is 9. The minimum atomic E-state index is 0.101. The van der Waals surface area contributed by atoms with Crippen LogP contribution in [0.15, 0.2) is 0 Å². The maximum Gasteiger partial charge on any atom is 0.0698 e. The van der Waals surface area contributed by atoms with Crippen molar-refractivity contribution < 1.29 is 14.6 Å². The SMILES string of the molecule is CCN(CCOC)CCOCCO. The molecule has 0 radical (unpaired) electrons. The quantitative estimate of drug-likeness (QED) is 0.519. The number of methoxy groups -OCH3 is 1. The molecule has 0 saturated heterocycles. The first-order chi connectivity index (χ1) is 6.35. The average molecular weight is 191 g/mol. The van der Waals surface area contributed by atoms with Crippen LogP contribution in [0, 0.1) is 0 Å². The van der Waals surface area contributed by atoms with Gasteiger partial charge < -0.3 is 14.6 Å². The van der Waals surface area contributed by atoms with Gasteiger partial charge in [-0.05, 0) is 6.54 Å². The first-order valence-corrected chi connectivity index (χ1v) is 4.75. The molecule has 80 valence electrons. The minimum Gasteiger partial charge on any atom is -0.394 e. The molecule has 0 unspecified atom stereocenters. The summed E-state index contributed by atoms with van der Waals surface area (Å²) in [6.07, 6.45) is 0. The van der Waals surface area contributed by atoms with E-state index in [4.69, 9.17) is 14.6 Å².